The lowest BCUT2D eigenvalue weighted by molar-refractivity contribution is 0.0256. The summed E-state index contributed by atoms with van der Waals surface area (Å²) in [6, 6.07) is 5.88. The van der Waals surface area contributed by atoms with Crippen LogP contribution < -0.4 is 4.74 Å². The van der Waals surface area contributed by atoms with E-state index >= 15 is 0 Å². The Hall–Kier alpha value is -1.81. The van der Waals surface area contributed by atoms with Gasteiger partial charge in [-0.1, -0.05) is 19.3 Å². The minimum absolute atomic E-state index is 0.131. The maximum atomic E-state index is 12.9. The molecule has 0 N–H and O–H groups in total. The molecule has 4 heteroatoms. The number of aryl methyl sites for hydroxylation is 1. The quantitative estimate of drug-likeness (QED) is 0.729. The van der Waals surface area contributed by atoms with Gasteiger partial charge in [-0.05, 0) is 38.0 Å². The second-order valence-corrected chi connectivity index (χ2v) is 7.34. The summed E-state index contributed by atoms with van der Waals surface area (Å²) in [5.74, 6) is 1.70. The van der Waals surface area contributed by atoms with Crippen LogP contribution in [0.15, 0.2) is 22.6 Å². The fraction of sp³-hybridized carbons (Fsp3) is 0.571. The molecule has 0 atom stereocenters. The van der Waals surface area contributed by atoms with Gasteiger partial charge in [0.15, 0.2) is 5.76 Å². The third-order valence-electron chi connectivity index (χ3n) is 5.58. The first-order valence-electron chi connectivity index (χ1n) is 9.54. The summed E-state index contributed by atoms with van der Waals surface area (Å²) in [6.45, 7) is 3.51. The van der Waals surface area contributed by atoms with E-state index in [9.17, 15) is 4.79 Å². The number of ether oxygens (including phenoxy) is 2. The van der Waals surface area contributed by atoms with Crippen LogP contribution in [0.25, 0.3) is 11.0 Å². The maximum absolute atomic E-state index is 12.9. The fourth-order valence-corrected chi connectivity index (χ4v) is 4.04. The zero-order valence-corrected chi connectivity index (χ0v) is 14.9. The molecule has 1 aromatic heterocycles. The standard InChI is InChI=1S/C21H26O4/c1-14-18-13-17(24-16-9-11-23-12-10-16)7-8-19(18)25-21(14)20(22)15-5-3-2-4-6-15/h7-8,13,15-16H,2-6,9-12H2,1H3. The number of fused-ring (bicyclic) bond motifs is 1. The van der Waals surface area contributed by atoms with Gasteiger partial charge in [-0.3, -0.25) is 4.79 Å². The monoisotopic (exact) mass is 342 g/mol. The number of hydrogen-bond acceptors (Lipinski definition) is 4. The molecule has 0 spiro atoms. The summed E-state index contributed by atoms with van der Waals surface area (Å²) >= 11 is 0. The lowest BCUT2D eigenvalue weighted by Gasteiger charge is -2.23. The molecule has 0 radical (unpaired) electrons. The van der Waals surface area contributed by atoms with Gasteiger partial charge in [-0.15, -0.1) is 0 Å². The molecule has 25 heavy (non-hydrogen) atoms. The van der Waals surface area contributed by atoms with Crippen molar-refractivity contribution in [3.63, 3.8) is 0 Å². The molecule has 134 valence electrons. The van der Waals surface area contributed by atoms with Crippen molar-refractivity contribution in [3.05, 3.63) is 29.5 Å². The molecule has 0 bridgehead atoms. The molecule has 1 aromatic carbocycles. The van der Waals surface area contributed by atoms with Gasteiger partial charge in [0, 0.05) is 29.7 Å². The SMILES string of the molecule is Cc1c(C(=O)C2CCCCC2)oc2ccc(OC3CCOCC3)cc12. The van der Waals surface area contributed by atoms with Crippen LogP contribution in [0.3, 0.4) is 0 Å². The number of rotatable bonds is 4. The third-order valence-corrected chi connectivity index (χ3v) is 5.58. The molecular formula is C21H26O4. The summed E-state index contributed by atoms with van der Waals surface area (Å²) < 4.78 is 17.4. The number of carbonyl (C=O) groups is 1. The summed E-state index contributed by atoms with van der Waals surface area (Å²) in [5, 5.41) is 0.990. The minimum Gasteiger partial charge on any atom is -0.490 e. The third kappa shape index (κ3) is 3.45. The Balaban J connectivity index is 1.57. The maximum Gasteiger partial charge on any atom is 0.201 e. The molecule has 0 unspecified atom stereocenters. The Labute approximate surface area is 148 Å². The van der Waals surface area contributed by atoms with Crippen LogP contribution in [-0.2, 0) is 4.74 Å². The number of hydrogen-bond donors (Lipinski definition) is 0. The zero-order valence-electron chi connectivity index (χ0n) is 14.9. The van der Waals surface area contributed by atoms with E-state index in [1.54, 1.807) is 0 Å². The summed E-state index contributed by atoms with van der Waals surface area (Å²) in [4.78, 5) is 12.9. The number of carbonyl (C=O) groups excluding carboxylic acids is 1. The second-order valence-electron chi connectivity index (χ2n) is 7.34. The van der Waals surface area contributed by atoms with Crippen molar-refractivity contribution in [2.24, 2.45) is 5.92 Å². The lowest BCUT2D eigenvalue weighted by Crippen LogP contribution is -2.25. The Kier molecular flexibility index (Phi) is 4.80. The van der Waals surface area contributed by atoms with Crippen LogP contribution in [0.2, 0.25) is 0 Å². The van der Waals surface area contributed by atoms with Crippen LogP contribution in [-0.4, -0.2) is 25.1 Å². The van der Waals surface area contributed by atoms with Gasteiger partial charge >= 0.3 is 0 Å². The van der Waals surface area contributed by atoms with E-state index in [1.165, 1.54) is 6.42 Å². The van der Waals surface area contributed by atoms with E-state index in [-0.39, 0.29) is 17.8 Å². The van der Waals surface area contributed by atoms with Gasteiger partial charge in [0.2, 0.25) is 5.78 Å². The lowest BCUT2D eigenvalue weighted by atomic mass is 9.85. The minimum atomic E-state index is 0.131. The smallest absolute Gasteiger partial charge is 0.201 e. The van der Waals surface area contributed by atoms with Crippen molar-refractivity contribution in [2.45, 2.75) is 58.0 Å². The molecule has 2 heterocycles. The molecule has 2 fully saturated rings. The van der Waals surface area contributed by atoms with Crippen LogP contribution in [0, 0.1) is 12.8 Å². The van der Waals surface area contributed by atoms with Gasteiger partial charge < -0.3 is 13.9 Å². The van der Waals surface area contributed by atoms with Crippen molar-refractivity contribution in [2.75, 3.05) is 13.2 Å². The van der Waals surface area contributed by atoms with Crippen LogP contribution in [0.4, 0.5) is 0 Å². The highest BCUT2D eigenvalue weighted by atomic mass is 16.5. The van der Waals surface area contributed by atoms with Crippen molar-refractivity contribution < 1.29 is 18.7 Å². The highest BCUT2D eigenvalue weighted by Gasteiger charge is 2.27. The van der Waals surface area contributed by atoms with Crippen molar-refractivity contribution in [1.82, 2.24) is 0 Å². The summed E-state index contributed by atoms with van der Waals surface area (Å²) in [7, 11) is 0. The van der Waals surface area contributed by atoms with Gasteiger partial charge in [0.05, 0.1) is 13.2 Å². The molecule has 1 saturated carbocycles. The molecule has 2 aliphatic rings. The van der Waals surface area contributed by atoms with E-state index in [1.807, 2.05) is 25.1 Å². The van der Waals surface area contributed by atoms with Gasteiger partial charge in [0.25, 0.3) is 0 Å². The van der Waals surface area contributed by atoms with E-state index in [0.29, 0.717) is 5.76 Å². The average molecular weight is 342 g/mol. The van der Waals surface area contributed by atoms with Gasteiger partial charge in [-0.25, -0.2) is 0 Å². The molecule has 2 aromatic rings. The number of Topliss-reactive ketones (excluding diaryl/α,β-unsaturated/α-hetero) is 1. The van der Waals surface area contributed by atoms with E-state index in [4.69, 9.17) is 13.9 Å². The first kappa shape index (κ1) is 16.6. The van der Waals surface area contributed by atoms with Crippen molar-refractivity contribution in [3.8, 4) is 5.75 Å². The Morgan fingerprint density at radius 2 is 1.84 bits per heavy atom. The normalized spacial score (nSPS) is 20.0. The van der Waals surface area contributed by atoms with Crippen molar-refractivity contribution in [1.29, 1.82) is 0 Å². The second kappa shape index (κ2) is 7.20. The van der Waals surface area contributed by atoms with E-state index in [0.717, 1.165) is 74.0 Å². The van der Waals surface area contributed by atoms with Crippen molar-refractivity contribution >= 4 is 16.8 Å². The Bertz CT molecular complexity index is 749. The topological polar surface area (TPSA) is 48.7 Å². The molecule has 1 saturated heterocycles. The molecule has 4 rings (SSSR count). The summed E-state index contributed by atoms with van der Waals surface area (Å²) in [5.41, 5.74) is 1.72. The molecule has 1 aliphatic heterocycles. The van der Waals surface area contributed by atoms with Gasteiger partial charge in [-0.2, -0.15) is 0 Å². The van der Waals surface area contributed by atoms with Crippen LogP contribution in [0.5, 0.6) is 5.75 Å². The van der Waals surface area contributed by atoms with E-state index in [2.05, 4.69) is 0 Å². The zero-order chi connectivity index (χ0) is 17.2. The summed E-state index contributed by atoms with van der Waals surface area (Å²) in [6.07, 6.45) is 7.59. The first-order chi connectivity index (χ1) is 12.2. The molecule has 1 aliphatic carbocycles. The Morgan fingerprint density at radius 1 is 1.08 bits per heavy atom. The number of furan rings is 1. The average Bonchev–Trinajstić information content (AvgIpc) is 2.99. The highest BCUT2D eigenvalue weighted by Crippen LogP contribution is 2.34. The molecule has 4 nitrogen and oxygen atoms in total. The predicted molar refractivity (Wildman–Crippen MR) is 96.3 cm³/mol. The van der Waals surface area contributed by atoms with Crippen LogP contribution in [0.1, 0.15) is 61.1 Å². The molecular weight excluding hydrogens is 316 g/mol. The molecule has 0 amide bonds. The predicted octanol–water partition coefficient (Wildman–Crippen LogP) is 5.06. The number of benzene rings is 1. The van der Waals surface area contributed by atoms with E-state index < -0.39 is 0 Å². The first-order valence-corrected chi connectivity index (χ1v) is 9.54. The number of ketones is 1. The highest BCUT2D eigenvalue weighted by molar-refractivity contribution is 6.01. The Morgan fingerprint density at radius 3 is 2.60 bits per heavy atom. The fourth-order valence-electron chi connectivity index (χ4n) is 4.04. The largest absolute Gasteiger partial charge is 0.490 e. The van der Waals surface area contributed by atoms with Gasteiger partial charge in [0.1, 0.15) is 17.4 Å². The van der Waals surface area contributed by atoms with Crippen LogP contribution >= 0.6 is 0 Å².